The Hall–Kier alpha value is -2.17. The Labute approximate surface area is 178 Å². The predicted octanol–water partition coefficient (Wildman–Crippen LogP) is 4.54. The number of piperidine rings is 1. The van der Waals surface area contributed by atoms with E-state index in [2.05, 4.69) is 22.3 Å². The summed E-state index contributed by atoms with van der Waals surface area (Å²) in [5.74, 6) is 0.391. The molecular weight excluding hydrogens is 384 g/mol. The van der Waals surface area contributed by atoms with Gasteiger partial charge in [0, 0.05) is 29.1 Å². The van der Waals surface area contributed by atoms with Gasteiger partial charge in [0.15, 0.2) is 0 Å². The number of hydrogen-bond donors (Lipinski definition) is 1. The summed E-state index contributed by atoms with van der Waals surface area (Å²) in [6.07, 6.45) is 3.79. The minimum Gasteiger partial charge on any atom is -0.348 e. The van der Waals surface area contributed by atoms with Gasteiger partial charge in [-0.1, -0.05) is 48.9 Å². The van der Waals surface area contributed by atoms with E-state index in [0.717, 1.165) is 43.8 Å². The number of amides is 1. The molecule has 3 rings (SSSR count). The summed E-state index contributed by atoms with van der Waals surface area (Å²) in [6, 6.07) is 17.4. The minimum absolute atomic E-state index is 0.0463. The monoisotopic (exact) mass is 412 g/mol. The molecule has 1 fully saturated rings. The van der Waals surface area contributed by atoms with E-state index in [1.807, 2.05) is 49.4 Å². The van der Waals surface area contributed by atoms with Crippen molar-refractivity contribution in [1.29, 1.82) is 0 Å². The SMILES string of the molecule is CC(C=O)CC(CN1CCC(c2ccc(Cl)cc2)CC1)NC(=O)c1ccccc1. The second kappa shape index (κ2) is 10.6. The second-order valence-corrected chi connectivity index (χ2v) is 8.45. The molecule has 0 bridgehead atoms. The molecule has 0 radical (unpaired) electrons. The summed E-state index contributed by atoms with van der Waals surface area (Å²) in [7, 11) is 0. The number of halogens is 1. The lowest BCUT2D eigenvalue weighted by atomic mass is 9.89. The maximum absolute atomic E-state index is 12.6. The molecule has 4 nitrogen and oxygen atoms in total. The van der Waals surface area contributed by atoms with Gasteiger partial charge in [-0.25, -0.2) is 0 Å². The van der Waals surface area contributed by atoms with Gasteiger partial charge in [0.1, 0.15) is 6.29 Å². The third kappa shape index (κ3) is 6.41. The lowest BCUT2D eigenvalue weighted by molar-refractivity contribution is -0.111. The number of benzene rings is 2. The van der Waals surface area contributed by atoms with Gasteiger partial charge in [0.25, 0.3) is 5.91 Å². The van der Waals surface area contributed by atoms with Crippen LogP contribution in [0.5, 0.6) is 0 Å². The van der Waals surface area contributed by atoms with Crippen LogP contribution in [0.1, 0.15) is 48.0 Å². The van der Waals surface area contributed by atoms with Gasteiger partial charge < -0.3 is 15.0 Å². The summed E-state index contributed by atoms with van der Waals surface area (Å²) < 4.78 is 0. The summed E-state index contributed by atoms with van der Waals surface area (Å²) in [6.45, 7) is 4.65. The third-order valence-corrected chi connectivity index (χ3v) is 5.92. The van der Waals surface area contributed by atoms with Gasteiger partial charge in [-0.15, -0.1) is 0 Å². The Morgan fingerprint density at radius 2 is 1.79 bits per heavy atom. The van der Waals surface area contributed by atoms with Crippen molar-refractivity contribution in [2.75, 3.05) is 19.6 Å². The van der Waals surface area contributed by atoms with E-state index in [1.165, 1.54) is 5.56 Å². The van der Waals surface area contributed by atoms with Gasteiger partial charge in [0.05, 0.1) is 0 Å². The molecule has 154 valence electrons. The van der Waals surface area contributed by atoms with E-state index in [0.29, 0.717) is 17.9 Å². The third-order valence-electron chi connectivity index (χ3n) is 5.67. The Morgan fingerprint density at radius 3 is 2.41 bits per heavy atom. The van der Waals surface area contributed by atoms with Crippen LogP contribution in [0.4, 0.5) is 0 Å². The average Bonchev–Trinajstić information content (AvgIpc) is 2.75. The summed E-state index contributed by atoms with van der Waals surface area (Å²) in [4.78, 5) is 26.2. The zero-order valence-electron chi connectivity index (χ0n) is 16.9. The first-order valence-electron chi connectivity index (χ1n) is 10.3. The van der Waals surface area contributed by atoms with Crippen LogP contribution in [0.15, 0.2) is 54.6 Å². The molecule has 2 aromatic rings. The fourth-order valence-electron chi connectivity index (χ4n) is 4.04. The first kappa shape index (κ1) is 21.5. The van der Waals surface area contributed by atoms with Gasteiger partial charge in [-0.3, -0.25) is 4.79 Å². The molecule has 1 aliphatic heterocycles. The van der Waals surface area contributed by atoms with Gasteiger partial charge in [-0.05, 0) is 68.1 Å². The number of carbonyl (C=O) groups is 2. The number of likely N-dealkylation sites (tertiary alicyclic amines) is 1. The van der Waals surface area contributed by atoms with E-state index in [1.54, 1.807) is 0 Å². The summed E-state index contributed by atoms with van der Waals surface area (Å²) in [5.41, 5.74) is 2.00. The number of carbonyl (C=O) groups excluding carboxylic acids is 2. The zero-order chi connectivity index (χ0) is 20.6. The molecule has 0 aliphatic carbocycles. The van der Waals surface area contributed by atoms with E-state index < -0.39 is 0 Å². The molecule has 2 unspecified atom stereocenters. The summed E-state index contributed by atoms with van der Waals surface area (Å²) in [5, 5.41) is 3.91. The number of rotatable bonds is 8. The standard InChI is InChI=1S/C24H29ClN2O2/c1-18(17-28)15-23(26-24(29)21-5-3-2-4-6-21)16-27-13-11-20(12-14-27)19-7-9-22(25)10-8-19/h2-10,17-18,20,23H,11-16H2,1H3,(H,26,29). The van der Waals surface area contributed by atoms with E-state index >= 15 is 0 Å². The molecule has 0 spiro atoms. The normalized spacial score (nSPS) is 17.4. The van der Waals surface area contributed by atoms with Crippen LogP contribution >= 0.6 is 11.6 Å². The smallest absolute Gasteiger partial charge is 0.251 e. The highest BCUT2D eigenvalue weighted by Gasteiger charge is 2.24. The first-order valence-corrected chi connectivity index (χ1v) is 10.7. The van der Waals surface area contributed by atoms with Crippen LogP contribution in [0.3, 0.4) is 0 Å². The van der Waals surface area contributed by atoms with Crippen LogP contribution in [0, 0.1) is 5.92 Å². The van der Waals surface area contributed by atoms with E-state index in [-0.39, 0.29) is 17.9 Å². The van der Waals surface area contributed by atoms with Crippen molar-refractivity contribution < 1.29 is 9.59 Å². The first-order chi connectivity index (χ1) is 14.0. The van der Waals surface area contributed by atoms with E-state index in [9.17, 15) is 9.59 Å². The quantitative estimate of drug-likeness (QED) is 0.647. The number of nitrogens with zero attached hydrogens (tertiary/aromatic N) is 1. The molecule has 1 saturated heterocycles. The van der Waals surface area contributed by atoms with Crippen molar-refractivity contribution in [3.05, 3.63) is 70.7 Å². The Morgan fingerprint density at radius 1 is 1.14 bits per heavy atom. The average molecular weight is 413 g/mol. The highest BCUT2D eigenvalue weighted by molar-refractivity contribution is 6.30. The van der Waals surface area contributed by atoms with Crippen LogP contribution in [0.2, 0.25) is 5.02 Å². The Balaban J connectivity index is 1.57. The molecule has 1 aliphatic rings. The molecule has 2 atom stereocenters. The lowest BCUT2D eigenvalue weighted by Gasteiger charge is -2.35. The predicted molar refractivity (Wildman–Crippen MR) is 117 cm³/mol. The molecule has 29 heavy (non-hydrogen) atoms. The van der Waals surface area contributed by atoms with Gasteiger partial charge >= 0.3 is 0 Å². The van der Waals surface area contributed by atoms with Gasteiger partial charge in [-0.2, -0.15) is 0 Å². The maximum atomic E-state index is 12.6. The van der Waals surface area contributed by atoms with Crippen molar-refractivity contribution in [3.8, 4) is 0 Å². The summed E-state index contributed by atoms with van der Waals surface area (Å²) >= 11 is 6.00. The van der Waals surface area contributed by atoms with Crippen LogP contribution < -0.4 is 5.32 Å². The van der Waals surface area contributed by atoms with Crippen LogP contribution in [-0.2, 0) is 4.79 Å². The molecule has 1 amide bonds. The van der Waals surface area contributed by atoms with Crippen molar-refractivity contribution in [2.45, 2.75) is 38.1 Å². The fraction of sp³-hybridized carbons (Fsp3) is 0.417. The van der Waals surface area contributed by atoms with Crippen LogP contribution in [0.25, 0.3) is 0 Å². The molecule has 0 saturated carbocycles. The van der Waals surface area contributed by atoms with Gasteiger partial charge in [0.2, 0.25) is 0 Å². The molecular formula is C24H29ClN2O2. The van der Waals surface area contributed by atoms with E-state index in [4.69, 9.17) is 11.6 Å². The Kier molecular flexibility index (Phi) is 7.84. The Bertz CT molecular complexity index is 786. The molecule has 0 aromatic heterocycles. The lowest BCUT2D eigenvalue weighted by Crippen LogP contribution is -2.46. The van der Waals surface area contributed by atoms with Crippen molar-refractivity contribution >= 4 is 23.8 Å². The number of aldehydes is 1. The molecule has 1 N–H and O–H groups in total. The largest absolute Gasteiger partial charge is 0.348 e. The molecule has 5 heteroatoms. The number of hydrogen-bond acceptors (Lipinski definition) is 3. The van der Waals surface area contributed by atoms with Crippen molar-refractivity contribution in [1.82, 2.24) is 10.2 Å². The highest BCUT2D eigenvalue weighted by atomic mass is 35.5. The number of nitrogens with one attached hydrogen (secondary N) is 1. The zero-order valence-corrected chi connectivity index (χ0v) is 17.6. The molecule has 2 aromatic carbocycles. The minimum atomic E-state index is -0.0809. The highest BCUT2D eigenvalue weighted by Crippen LogP contribution is 2.29. The topological polar surface area (TPSA) is 49.4 Å². The van der Waals surface area contributed by atoms with Crippen molar-refractivity contribution in [2.24, 2.45) is 5.92 Å². The maximum Gasteiger partial charge on any atom is 0.251 e. The van der Waals surface area contributed by atoms with Crippen molar-refractivity contribution in [3.63, 3.8) is 0 Å². The second-order valence-electron chi connectivity index (χ2n) is 8.01. The van der Waals surface area contributed by atoms with Crippen LogP contribution in [-0.4, -0.2) is 42.8 Å². The molecule has 1 heterocycles. The fourth-order valence-corrected chi connectivity index (χ4v) is 4.16.